The third kappa shape index (κ3) is 4.00. The highest BCUT2D eigenvalue weighted by Crippen LogP contribution is 2.40. The lowest BCUT2D eigenvalue weighted by Crippen LogP contribution is -2.13. The summed E-state index contributed by atoms with van der Waals surface area (Å²) < 4.78 is 11.9. The van der Waals surface area contributed by atoms with Gasteiger partial charge in [-0.05, 0) is 19.4 Å². The van der Waals surface area contributed by atoms with Crippen LogP contribution in [0.15, 0.2) is 42.5 Å². The van der Waals surface area contributed by atoms with Gasteiger partial charge in [0.25, 0.3) is 0 Å². The number of H-pyrrole nitrogens is 1. The number of aromatic nitrogens is 1. The van der Waals surface area contributed by atoms with E-state index in [0.29, 0.717) is 29.3 Å². The van der Waals surface area contributed by atoms with Crippen LogP contribution in [-0.4, -0.2) is 36.3 Å². The molecule has 0 atom stereocenters. The average Bonchev–Trinajstić information content (AvgIpc) is 3.01. The molecule has 0 radical (unpaired) electrons. The largest absolute Gasteiger partial charge is 0.490 e. The van der Waals surface area contributed by atoms with Crippen LogP contribution < -0.4 is 14.4 Å². The fourth-order valence-corrected chi connectivity index (χ4v) is 3.02. The maximum Gasteiger partial charge on any atom is 0.354 e. The monoisotopic (exact) mass is 368 g/mol. The number of carboxylic acids is 1. The SMILES string of the molecule is CC(C)Oc1cc(OCc2ccccc2)cc2[nH]c(C(=O)O)c(N(C)C)c12. The first-order valence-electron chi connectivity index (χ1n) is 8.80. The van der Waals surface area contributed by atoms with E-state index in [1.807, 2.05) is 70.4 Å². The normalized spacial score (nSPS) is 11.0. The standard InChI is InChI=1S/C21H24N2O4/c1-13(2)27-17-11-15(26-12-14-8-6-5-7-9-14)10-16-18(17)20(23(3)4)19(22-16)21(24)25/h5-11,13,22H,12H2,1-4H3,(H,24,25). The molecule has 0 fully saturated rings. The Kier molecular flexibility index (Phi) is 5.26. The van der Waals surface area contributed by atoms with Crippen LogP contribution in [0.2, 0.25) is 0 Å². The number of fused-ring (bicyclic) bond motifs is 1. The molecule has 0 aliphatic carbocycles. The van der Waals surface area contributed by atoms with Gasteiger partial charge in [-0.2, -0.15) is 0 Å². The number of nitrogens with one attached hydrogen (secondary N) is 1. The number of hydrogen-bond donors (Lipinski definition) is 2. The number of aromatic carboxylic acids is 1. The molecule has 2 N–H and O–H groups in total. The Bertz CT molecular complexity index is 946. The van der Waals surface area contributed by atoms with Crippen molar-refractivity contribution in [1.29, 1.82) is 0 Å². The molecule has 0 saturated heterocycles. The van der Waals surface area contributed by atoms with E-state index in [2.05, 4.69) is 4.98 Å². The summed E-state index contributed by atoms with van der Waals surface area (Å²) in [5.41, 5.74) is 2.43. The minimum atomic E-state index is -1.02. The van der Waals surface area contributed by atoms with Gasteiger partial charge in [0.15, 0.2) is 0 Å². The molecule has 0 spiro atoms. The molecule has 0 aliphatic rings. The predicted octanol–water partition coefficient (Wildman–Crippen LogP) is 4.30. The van der Waals surface area contributed by atoms with Gasteiger partial charge in [0.1, 0.15) is 23.8 Å². The highest BCUT2D eigenvalue weighted by atomic mass is 16.5. The molecule has 0 unspecified atom stereocenters. The zero-order valence-corrected chi connectivity index (χ0v) is 15.9. The van der Waals surface area contributed by atoms with Gasteiger partial charge in [-0.15, -0.1) is 0 Å². The number of hydrogen-bond acceptors (Lipinski definition) is 4. The van der Waals surface area contributed by atoms with E-state index in [-0.39, 0.29) is 11.8 Å². The van der Waals surface area contributed by atoms with Gasteiger partial charge in [-0.25, -0.2) is 4.79 Å². The molecule has 0 amide bonds. The van der Waals surface area contributed by atoms with E-state index < -0.39 is 5.97 Å². The first kappa shape index (κ1) is 18.6. The van der Waals surface area contributed by atoms with Crippen LogP contribution in [0.4, 0.5) is 5.69 Å². The number of nitrogens with zero attached hydrogens (tertiary/aromatic N) is 1. The minimum absolute atomic E-state index is 0.0595. The number of carbonyl (C=O) groups is 1. The van der Waals surface area contributed by atoms with E-state index in [1.165, 1.54) is 0 Å². The molecule has 27 heavy (non-hydrogen) atoms. The summed E-state index contributed by atoms with van der Waals surface area (Å²) >= 11 is 0. The second kappa shape index (κ2) is 7.61. The van der Waals surface area contributed by atoms with Gasteiger partial charge in [-0.1, -0.05) is 30.3 Å². The third-order valence-electron chi connectivity index (χ3n) is 4.08. The summed E-state index contributed by atoms with van der Waals surface area (Å²) in [4.78, 5) is 16.5. The van der Waals surface area contributed by atoms with E-state index in [0.717, 1.165) is 10.9 Å². The molecule has 1 heterocycles. The van der Waals surface area contributed by atoms with Crippen molar-refractivity contribution in [2.45, 2.75) is 26.6 Å². The summed E-state index contributed by atoms with van der Waals surface area (Å²) in [5.74, 6) is 0.195. The Morgan fingerprint density at radius 3 is 2.48 bits per heavy atom. The Morgan fingerprint density at radius 1 is 1.19 bits per heavy atom. The fourth-order valence-electron chi connectivity index (χ4n) is 3.02. The number of anilines is 1. The van der Waals surface area contributed by atoms with Crippen molar-refractivity contribution < 1.29 is 19.4 Å². The fraction of sp³-hybridized carbons (Fsp3) is 0.286. The third-order valence-corrected chi connectivity index (χ3v) is 4.08. The van der Waals surface area contributed by atoms with Gasteiger partial charge in [0, 0.05) is 26.2 Å². The van der Waals surface area contributed by atoms with Gasteiger partial charge in [0.2, 0.25) is 0 Å². The van der Waals surface area contributed by atoms with Crippen LogP contribution in [-0.2, 0) is 6.61 Å². The van der Waals surface area contributed by atoms with E-state index in [4.69, 9.17) is 9.47 Å². The minimum Gasteiger partial charge on any atom is -0.490 e. The number of benzene rings is 2. The zero-order chi connectivity index (χ0) is 19.6. The van der Waals surface area contributed by atoms with Crippen LogP contribution in [0.3, 0.4) is 0 Å². The summed E-state index contributed by atoms with van der Waals surface area (Å²) in [7, 11) is 3.63. The highest BCUT2D eigenvalue weighted by Gasteiger charge is 2.23. The van der Waals surface area contributed by atoms with Crippen LogP contribution in [0, 0.1) is 0 Å². The molecule has 0 saturated carbocycles. The topological polar surface area (TPSA) is 74.8 Å². The maximum atomic E-state index is 11.7. The lowest BCUT2D eigenvalue weighted by Gasteiger charge is -2.17. The number of rotatable bonds is 7. The molecule has 6 nitrogen and oxygen atoms in total. The number of carboxylic acid groups (broad SMARTS) is 1. The van der Waals surface area contributed by atoms with Crippen molar-refractivity contribution in [3.05, 3.63) is 53.7 Å². The summed E-state index contributed by atoms with van der Waals surface area (Å²) in [6, 6.07) is 13.5. The molecular formula is C21H24N2O4. The lowest BCUT2D eigenvalue weighted by molar-refractivity contribution is 0.0692. The molecule has 1 aromatic heterocycles. The summed E-state index contributed by atoms with van der Waals surface area (Å²) in [6.07, 6.45) is -0.0595. The van der Waals surface area contributed by atoms with E-state index in [9.17, 15) is 9.90 Å². The zero-order valence-electron chi connectivity index (χ0n) is 15.9. The first-order chi connectivity index (χ1) is 12.9. The quantitative estimate of drug-likeness (QED) is 0.650. The molecule has 3 rings (SSSR count). The van der Waals surface area contributed by atoms with E-state index in [1.54, 1.807) is 4.90 Å². The van der Waals surface area contributed by atoms with Gasteiger partial charge in [-0.3, -0.25) is 0 Å². The van der Waals surface area contributed by atoms with Crippen molar-refractivity contribution in [3.63, 3.8) is 0 Å². The summed E-state index contributed by atoms with van der Waals surface area (Å²) in [5, 5.41) is 10.3. The highest BCUT2D eigenvalue weighted by molar-refractivity contribution is 6.08. The molecule has 142 valence electrons. The summed E-state index contributed by atoms with van der Waals surface area (Å²) in [6.45, 7) is 4.29. The molecule has 2 aromatic carbocycles. The van der Waals surface area contributed by atoms with Gasteiger partial charge >= 0.3 is 5.97 Å². The molecule has 0 bridgehead atoms. The van der Waals surface area contributed by atoms with Gasteiger partial charge in [0.05, 0.1) is 22.7 Å². The van der Waals surface area contributed by atoms with Crippen molar-refractivity contribution in [2.75, 3.05) is 19.0 Å². The van der Waals surface area contributed by atoms with Crippen molar-refractivity contribution in [3.8, 4) is 11.5 Å². The van der Waals surface area contributed by atoms with Gasteiger partial charge < -0.3 is 24.5 Å². The van der Waals surface area contributed by atoms with E-state index >= 15 is 0 Å². The Balaban J connectivity index is 2.08. The van der Waals surface area contributed by atoms with Crippen molar-refractivity contribution >= 4 is 22.6 Å². The van der Waals surface area contributed by atoms with Crippen LogP contribution >= 0.6 is 0 Å². The number of ether oxygens (including phenoxy) is 2. The Hall–Kier alpha value is -3.15. The molecule has 6 heteroatoms. The molecular weight excluding hydrogens is 344 g/mol. The molecule has 0 aliphatic heterocycles. The lowest BCUT2D eigenvalue weighted by atomic mass is 10.1. The molecule has 3 aromatic rings. The first-order valence-corrected chi connectivity index (χ1v) is 8.80. The smallest absolute Gasteiger partial charge is 0.354 e. The second-order valence-electron chi connectivity index (χ2n) is 6.83. The Labute approximate surface area is 158 Å². The van der Waals surface area contributed by atoms with Crippen LogP contribution in [0.25, 0.3) is 10.9 Å². The Morgan fingerprint density at radius 2 is 1.89 bits per heavy atom. The average molecular weight is 368 g/mol. The second-order valence-corrected chi connectivity index (χ2v) is 6.83. The van der Waals surface area contributed by atoms with Crippen molar-refractivity contribution in [2.24, 2.45) is 0 Å². The van der Waals surface area contributed by atoms with Crippen LogP contribution in [0.5, 0.6) is 11.5 Å². The van der Waals surface area contributed by atoms with Crippen LogP contribution in [0.1, 0.15) is 29.9 Å². The van der Waals surface area contributed by atoms with Crippen molar-refractivity contribution in [1.82, 2.24) is 4.98 Å². The maximum absolute atomic E-state index is 11.7. The predicted molar refractivity (Wildman–Crippen MR) is 106 cm³/mol. The number of aromatic amines is 1.